The van der Waals surface area contributed by atoms with Crippen LogP contribution in [0.1, 0.15) is 6.92 Å². The summed E-state index contributed by atoms with van der Waals surface area (Å²) in [6, 6.07) is 4.83. The lowest BCUT2D eigenvalue weighted by atomic mass is 10.1. The molecule has 3 aromatic rings. The number of nitrogens with zero attached hydrogens (tertiary/aromatic N) is 2. The molecule has 3 rings (SSSR count). The van der Waals surface area contributed by atoms with E-state index in [1.165, 1.54) is 17.4 Å². The lowest BCUT2D eigenvalue weighted by molar-refractivity contribution is 0.321. The van der Waals surface area contributed by atoms with Crippen LogP contribution in [0.15, 0.2) is 29.8 Å². The van der Waals surface area contributed by atoms with E-state index in [-0.39, 0.29) is 11.6 Å². The number of hydrogen-bond acceptors (Lipinski definition) is 4. The predicted octanol–water partition coefficient (Wildman–Crippen LogP) is 3.18. The SMILES string of the molecule is CCOc1ccc(-c2cn3c(N)csc3n2)cc1F. The van der Waals surface area contributed by atoms with Crippen LogP contribution in [-0.4, -0.2) is 16.0 Å². The second kappa shape index (κ2) is 4.55. The highest BCUT2D eigenvalue weighted by atomic mass is 32.1. The normalized spacial score (nSPS) is 11.1. The summed E-state index contributed by atoms with van der Waals surface area (Å²) in [6.45, 7) is 2.26. The Hall–Kier alpha value is -2.08. The molecular weight excluding hydrogens is 265 g/mol. The van der Waals surface area contributed by atoms with Gasteiger partial charge in [0.25, 0.3) is 0 Å². The van der Waals surface area contributed by atoms with Gasteiger partial charge in [0.05, 0.1) is 12.3 Å². The van der Waals surface area contributed by atoms with Gasteiger partial charge in [-0.15, -0.1) is 11.3 Å². The summed E-state index contributed by atoms with van der Waals surface area (Å²) in [5.41, 5.74) is 7.20. The summed E-state index contributed by atoms with van der Waals surface area (Å²) in [5, 5.41) is 1.82. The Morgan fingerprint density at radius 1 is 1.47 bits per heavy atom. The van der Waals surface area contributed by atoms with Gasteiger partial charge in [-0.3, -0.25) is 4.40 Å². The van der Waals surface area contributed by atoms with E-state index in [0.717, 1.165) is 4.96 Å². The van der Waals surface area contributed by atoms with Crippen LogP contribution in [0.25, 0.3) is 16.2 Å². The number of nitrogens with two attached hydrogens (primary N) is 1. The molecule has 0 amide bonds. The quantitative estimate of drug-likeness (QED) is 0.800. The van der Waals surface area contributed by atoms with Gasteiger partial charge in [-0.25, -0.2) is 9.37 Å². The molecule has 0 radical (unpaired) electrons. The molecule has 2 aromatic heterocycles. The molecule has 4 nitrogen and oxygen atoms in total. The zero-order valence-electron chi connectivity index (χ0n) is 10.3. The molecule has 0 atom stereocenters. The molecule has 1 aromatic carbocycles. The highest BCUT2D eigenvalue weighted by molar-refractivity contribution is 7.15. The maximum Gasteiger partial charge on any atom is 0.195 e. The van der Waals surface area contributed by atoms with Crippen molar-refractivity contribution in [3.05, 3.63) is 35.6 Å². The Bertz CT molecular complexity index is 735. The third-order valence-corrected chi connectivity index (χ3v) is 3.62. The molecule has 0 bridgehead atoms. The van der Waals surface area contributed by atoms with Crippen molar-refractivity contribution >= 4 is 22.1 Å². The molecule has 0 saturated carbocycles. The highest BCUT2D eigenvalue weighted by Gasteiger charge is 2.10. The third-order valence-electron chi connectivity index (χ3n) is 2.76. The lowest BCUT2D eigenvalue weighted by Crippen LogP contribution is -1.94. The van der Waals surface area contributed by atoms with E-state index in [2.05, 4.69) is 4.98 Å². The fraction of sp³-hybridized carbons (Fsp3) is 0.154. The van der Waals surface area contributed by atoms with Crippen molar-refractivity contribution in [2.24, 2.45) is 0 Å². The molecule has 0 aliphatic carbocycles. The van der Waals surface area contributed by atoms with E-state index in [4.69, 9.17) is 10.5 Å². The van der Waals surface area contributed by atoms with Crippen molar-refractivity contribution < 1.29 is 9.13 Å². The second-order valence-corrected chi connectivity index (χ2v) is 4.85. The molecule has 0 fully saturated rings. The second-order valence-electron chi connectivity index (χ2n) is 4.02. The van der Waals surface area contributed by atoms with E-state index >= 15 is 0 Å². The molecule has 0 unspecified atom stereocenters. The monoisotopic (exact) mass is 277 g/mol. The highest BCUT2D eigenvalue weighted by Crippen LogP contribution is 2.27. The van der Waals surface area contributed by atoms with Crippen LogP contribution in [0.2, 0.25) is 0 Å². The van der Waals surface area contributed by atoms with Gasteiger partial charge in [-0.1, -0.05) is 0 Å². The number of thiazole rings is 1. The zero-order valence-corrected chi connectivity index (χ0v) is 11.1. The number of fused-ring (bicyclic) bond motifs is 1. The molecule has 0 saturated heterocycles. The summed E-state index contributed by atoms with van der Waals surface area (Å²) >= 11 is 1.45. The van der Waals surface area contributed by atoms with Gasteiger partial charge < -0.3 is 10.5 Å². The average molecular weight is 277 g/mol. The van der Waals surface area contributed by atoms with E-state index in [9.17, 15) is 4.39 Å². The number of hydrogen-bond donors (Lipinski definition) is 1. The van der Waals surface area contributed by atoms with Gasteiger partial charge in [-0.05, 0) is 25.1 Å². The topological polar surface area (TPSA) is 52.5 Å². The number of benzene rings is 1. The molecule has 98 valence electrons. The van der Waals surface area contributed by atoms with Crippen LogP contribution in [0.3, 0.4) is 0 Å². The Labute approximate surface area is 113 Å². The van der Waals surface area contributed by atoms with Crippen molar-refractivity contribution in [3.63, 3.8) is 0 Å². The number of imidazole rings is 1. The first-order valence-electron chi connectivity index (χ1n) is 5.84. The standard InChI is InChI=1S/C13H12FN3OS/c1-2-18-11-4-3-8(5-9(11)14)10-6-17-12(15)7-19-13(17)16-10/h3-7H,2,15H2,1H3. The summed E-state index contributed by atoms with van der Waals surface area (Å²) < 4.78 is 20.8. The predicted molar refractivity (Wildman–Crippen MR) is 74.0 cm³/mol. The minimum Gasteiger partial charge on any atom is -0.491 e. The minimum atomic E-state index is -0.385. The summed E-state index contributed by atoms with van der Waals surface area (Å²) in [6.07, 6.45) is 1.80. The van der Waals surface area contributed by atoms with Crippen LogP contribution in [0, 0.1) is 5.82 Å². The molecular formula is C13H12FN3OS. The average Bonchev–Trinajstić information content (AvgIpc) is 2.95. The summed E-state index contributed by atoms with van der Waals surface area (Å²) in [7, 11) is 0. The fourth-order valence-electron chi connectivity index (χ4n) is 1.87. The molecule has 0 aliphatic heterocycles. The largest absolute Gasteiger partial charge is 0.491 e. The number of ether oxygens (including phenoxy) is 1. The van der Waals surface area contributed by atoms with E-state index < -0.39 is 0 Å². The summed E-state index contributed by atoms with van der Waals surface area (Å²) in [4.78, 5) is 5.21. The van der Waals surface area contributed by atoms with Crippen LogP contribution >= 0.6 is 11.3 Å². The first-order chi connectivity index (χ1) is 9.19. The third kappa shape index (κ3) is 2.04. The molecule has 6 heteroatoms. The fourth-order valence-corrected chi connectivity index (χ4v) is 2.64. The van der Waals surface area contributed by atoms with Crippen LogP contribution < -0.4 is 10.5 Å². The number of nitrogen functional groups attached to an aromatic ring is 1. The van der Waals surface area contributed by atoms with Crippen molar-refractivity contribution in [1.82, 2.24) is 9.38 Å². The molecule has 2 heterocycles. The Balaban J connectivity index is 2.03. The van der Waals surface area contributed by atoms with Crippen LogP contribution in [-0.2, 0) is 0 Å². The number of aromatic nitrogens is 2. The molecule has 19 heavy (non-hydrogen) atoms. The van der Waals surface area contributed by atoms with Crippen molar-refractivity contribution in [1.29, 1.82) is 0 Å². The Morgan fingerprint density at radius 3 is 3.00 bits per heavy atom. The Morgan fingerprint density at radius 2 is 2.32 bits per heavy atom. The van der Waals surface area contributed by atoms with Gasteiger partial charge in [0.15, 0.2) is 16.5 Å². The van der Waals surface area contributed by atoms with Gasteiger partial charge in [-0.2, -0.15) is 0 Å². The number of anilines is 1. The number of halogens is 1. The van der Waals surface area contributed by atoms with E-state index in [0.29, 0.717) is 23.7 Å². The summed E-state index contributed by atoms with van der Waals surface area (Å²) in [5.74, 6) is 0.501. The molecule has 0 spiro atoms. The first-order valence-corrected chi connectivity index (χ1v) is 6.72. The molecule has 2 N–H and O–H groups in total. The smallest absolute Gasteiger partial charge is 0.195 e. The van der Waals surface area contributed by atoms with Crippen molar-refractivity contribution in [2.75, 3.05) is 12.3 Å². The van der Waals surface area contributed by atoms with Crippen LogP contribution in [0.4, 0.5) is 10.2 Å². The maximum absolute atomic E-state index is 13.8. The number of rotatable bonds is 3. The lowest BCUT2D eigenvalue weighted by Gasteiger charge is -2.05. The maximum atomic E-state index is 13.8. The molecule has 0 aliphatic rings. The van der Waals surface area contributed by atoms with Gasteiger partial charge in [0.2, 0.25) is 0 Å². The van der Waals surface area contributed by atoms with E-state index in [1.807, 2.05) is 12.3 Å². The van der Waals surface area contributed by atoms with Gasteiger partial charge in [0.1, 0.15) is 5.82 Å². The van der Waals surface area contributed by atoms with Crippen LogP contribution in [0.5, 0.6) is 5.75 Å². The van der Waals surface area contributed by atoms with Gasteiger partial charge in [0, 0.05) is 17.1 Å². The van der Waals surface area contributed by atoms with Crippen molar-refractivity contribution in [2.45, 2.75) is 6.92 Å². The first kappa shape index (κ1) is 12.0. The van der Waals surface area contributed by atoms with Crippen molar-refractivity contribution in [3.8, 4) is 17.0 Å². The Kier molecular flexibility index (Phi) is 2.87. The minimum absolute atomic E-state index is 0.256. The zero-order chi connectivity index (χ0) is 13.4. The van der Waals surface area contributed by atoms with Gasteiger partial charge >= 0.3 is 0 Å². The van der Waals surface area contributed by atoms with E-state index in [1.54, 1.807) is 22.7 Å².